The van der Waals surface area contributed by atoms with Crippen LogP contribution in [-0.2, 0) is 4.79 Å². The van der Waals surface area contributed by atoms with Gasteiger partial charge in [-0.15, -0.1) is 0 Å². The van der Waals surface area contributed by atoms with Gasteiger partial charge in [0.25, 0.3) is 5.91 Å². The van der Waals surface area contributed by atoms with E-state index in [9.17, 15) is 4.79 Å². The quantitative estimate of drug-likeness (QED) is 0.500. The summed E-state index contributed by atoms with van der Waals surface area (Å²) in [6.07, 6.45) is 10.2. The molecule has 1 aromatic heterocycles. The van der Waals surface area contributed by atoms with Crippen LogP contribution in [0.25, 0.3) is 6.08 Å². The van der Waals surface area contributed by atoms with Crippen LogP contribution in [0.3, 0.4) is 0 Å². The standard InChI is InChI=1S/C24H24N4O2S2/c25-22-19(15-17-12-14-21(30-17)31-18-9-5-2-6-10-18)23(29)26-24-28(22)27-20(32-24)13-11-16-7-3-1-4-8-16/h2,5-6,9-10,12,14-16,25H,1,3-4,7-8,11,13H2/b19-15+,25-22?. The van der Waals surface area contributed by atoms with Gasteiger partial charge in [-0.1, -0.05) is 62.1 Å². The first kappa shape index (κ1) is 21.3. The summed E-state index contributed by atoms with van der Waals surface area (Å²) in [5.41, 5.74) is 0.192. The summed E-state index contributed by atoms with van der Waals surface area (Å²) < 4.78 is 5.85. The third-order valence-electron chi connectivity index (χ3n) is 5.84. The number of hydrazone groups is 1. The molecule has 0 atom stereocenters. The number of hydrogen-bond donors (Lipinski definition) is 1. The van der Waals surface area contributed by atoms with Gasteiger partial charge in [-0.25, -0.2) is 0 Å². The normalized spacial score (nSPS) is 20.5. The first-order valence-electron chi connectivity index (χ1n) is 11.0. The second-order valence-electron chi connectivity index (χ2n) is 8.13. The minimum Gasteiger partial charge on any atom is -0.450 e. The number of amides is 1. The van der Waals surface area contributed by atoms with E-state index < -0.39 is 5.91 Å². The van der Waals surface area contributed by atoms with Gasteiger partial charge in [0.05, 0.1) is 5.57 Å². The zero-order chi connectivity index (χ0) is 21.9. The van der Waals surface area contributed by atoms with Crippen LogP contribution in [-0.4, -0.2) is 27.0 Å². The van der Waals surface area contributed by atoms with Crippen LogP contribution in [0.2, 0.25) is 0 Å². The SMILES string of the molecule is N=C1/C(=C\c2ccc(Sc3ccccc3)o2)C(=O)N=C2SC(CCC3CCCCC3)=NN12. The number of thioether (sulfide) groups is 1. The molecule has 2 aromatic rings. The van der Waals surface area contributed by atoms with Gasteiger partial charge < -0.3 is 4.42 Å². The summed E-state index contributed by atoms with van der Waals surface area (Å²) in [5, 5.41) is 16.8. The summed E-state index contributed by atoms with van der Waals surface area (Å²) >= 11 is 2.92. The summed E-state index contributed by atoms with van der Waals surface area (Å²) in [7, 11) is 0. The Hall–Kier alpha value is -2.58. The molecule has 2 aliphatic heterocycles. The highest BCUT2D eigenvalue weighted by Gasteiger charge is 2.35. The van der Waals surface area contributed by atoms with Crippen LogP contribution >= 0.6 is 23.5 Å². The molecule has 3 heterocycles. The van der Waals surface area contributed by atoms with E-state index in [-0.39, 0.29) is 11.4 Å². The maximum atomic E-state index is 12.6. The fourth-order valence-corrected chi connectivity index (χ4v) is 5.85. The van der Waals surface area contributed by atoms with Crippen molar-refractivity contribution in [1.29, 1.82) is 5.41 Å². The molecule has 5 rings (SSSR count). The van der Waals surface area contributed by atoms with Crippen molar-refractivity contribution < 1.29 is 9.21 Å². The number of carbonyl (C=O) groups is 1. The van der Waals surface area contributed by atoms with E-state index in [0.717, 1.165) is 33.8 Å². The van der Waals surface area contributed by atoms with Gasteiger partial charge in [0.1, 0.15) is 10.8 Å². The number of amidine groups is 2. The van der Waals surface area contributed by atoms with Gasteiger partial charge in [0.15, 0.2) is 10.9 Å². The highest BCUT2D eigenvalue weighted by Crippen LogP contribution is 2.34. The maximum absolute atomic E-state index is 12.6. The molecular weight excluding hydrogens is 440 g/mol. The monoisotopic (exact) mass is 464 g/mol. The molecule has 8 heteroatoms. The number of benzene rings is 1. The Kier molecular flexibility index (Phi) is 6.32. The minimum atomic E-state index is -0.425. The van der Waals surface area contributed by atoms with Crippen LogP contribution < -0.4 is 0 Å². The number of rotatable bonds is 6. The summed E-state index contributed by atoms with van der Waals surface area (Å²) in [6, 6.07) is 13.6. The molecule has 1 aliphatic carbocycles. The highest BCUT2D eigenvalue weighted by molar-refractivity contribution is 8.26. The van der Waals surface area contributed by atoms with E-state index in [1.54, 1.807) is 12.1 Å². The average molecular weight is 465 g/mol. The minimum absolute atomic E-state index is 0.0498. The summed E-state index contributed by atoms with van der Waals surface area (Å²) in [5.74, 6) is 0.911. The molecule has 0 radical (unpaired) electrons. The molecule has 0 spiro atoms. The van der Waals surface area contributed by atoms with Crippen molar-refractivity contribution in [3.63, 3.8) is 0 Å². The van der Waals surface area contributed by atoms with Crippen molar-refractivity contribution in [2.75, 3.05) is 0 Å². The molecule has 0 unspecified atom stereocenters. The molecule has 3 aliphatic rings. The van der Waals surface area contributed by atoms with Crippen LogP contribution in [0.5, 0.6) is 0 Å². The van der Waals surface area contributed by atoms with E-state index in [1.807, 2.05) is 36.4 Å². The van der Waals surface area contributed by atoms with Gasteiger partial charge >= 0.3 is 0 Å². The Balaban J connectivity index is 1.27. The molecular formula is C24H24N4O2S2. The van der Waals surface area contributed by atoms with Crippen LogP contribution in [0.15, 0.2) is 72.5 Å². The molecule has 164 valence electrons. The van der Waals surface area contributed by atoms with Crippen LogP contribution in [0.1, 0.15) is 50.7 Å². The smallest absolute Gasteiger partial charge is 0.283 e. The molecule has 1 N–H and O–H groups in total. The predicted molar refractivity (Wildman–Crippen MR) is 130 cm³/mol. The predicted octanol–water partition coefficient (Wildman–Crippen LogP) is 6.41. The van der Waals surface area contributed by atoms with Gasteiger partial charge in [-0.05, 0) is 60.9 Å². The second kappa shape index (κ2) is 9.50. The molecule has 1 aromatic carbocycles. The molecule has 0 bridgehead atoms. The Morgan fingerprint density at radius 3 is 2.78 bits per heavy atom. The maximum Gasteiger partial charge on any atom is 0.283 e. The first-order valence-corrected chi connectivity index (χ1v) is 12.6. The zero-order valence-corrected chi connectivity index (χ0v) is 19.3. The topological polar surface area (TPSA) is 82.0 Å². The lowest BCUT2D eigenvalue weighted by Crippen LogP contribution is -2.35. The molecule has 6 nitrogen and oxygen atoms in total. The van der Waals surface area contributed by atoms with Crippen molar-refractivity contribution in [1.82, 2.24) is 5.01 Å². The number of fused-ring (bicyclic) bond motifs is 1. The van der Waals surface area contributed by atoms with E-state index >= 15 is 0 Å². The van der Waals surface area contributed by atoms with Crippen molar-refractivity contribution in [3.8, 4) is 0 Å². The summed E-state index contributed by atoms with van der Waals surface area (Å²) in [4.78, 5) is 17.9. The first-order chi connectivity index (χ1) is 15.7. The third kappa shape index (κ3) is 4.76. The lowest BCUT2D eigenvalue weighted by molar-refractivity contribution is -0.114. The fraction of sp³-hybridized carbons (Fsp3) is 0.333. The van der Waals surface area contributed by atoms with Crippen molar-refractivity contribution in [3.05, 3.63) is 53.8 Å². The Morgan fingerprint density at radius 2 is 1.97 bits per heavy atom. The molecule has 1 fully saturated rings. The zero-order valence-electron chi connectivity index (χ0n) is 17.6. The van der Waals surface area contributed by atoms with Crippen molar-refractivity contribution in [2.45, 2.75) is 54.9 Å². The Morgan fingerprint density at radius 1 is 1.16 bits per heavy atom. The van der Waals surface area contributed by atoms with Crippen LogP contribution in [0, 0.1) is 11.3 Å². The average Bonchev–Trinajstić information content (AvgIpc) is 3.43. The molecule has 1 amide bonds. The van der Waals surface area contributed by atoms with E-state index in [4.69, 9.17) is 9.83 Å². The van der Waals surface area contributed by atoms with Gasteiger partial charge in [0, 0.05) is 4.90 Å². The van der Waals surface area contributed by atoms with Gasteiger partial charge in [0.2, 0.25) is 5.17 Å². The van der Waals surface area contributed by atoms with Gasteiger partial charge in [-0.3, -0.25) is 10.2 Å². The number of aliphatic imine (C=N–C) groups is 1. The van der Waals surface area contributed by atoms with Crippen molar-refractivity contribution in [2.24, 2.45) is 16.0 Å². The highest BCUT2D eigenvalue weighted by atomic mass is 32.2. The lowest BCUT2D eigenvalue weighted by Gasteiger charge is -2.20. The Bertz CT molecular complexity index is 1110. The second-order valence-corrected chi connectivity index (χ2v) is 10.2. The van der Waals surface area contributed by atoms with Crippen molar-refractivity contribution >= 4 is 51.6 Å². The van der Waals surface area contributed by atoms with Crippen LogP contribution in [0.4, 0.5) is 0 Å². The largest absolute Gasteiger partial charge is 0.450 e. The van der Waals surface area contributed by atoms with Gasteiger partial charge in [-0.2, -0.15) is 15.1 Å². The molecule has 1 saturated carbocycles. The summed E-state index contributed by atoms with van der Waals surface area (Å²) in [6.45, 7) is 0. The van der Waals surface area contributed by atoms with E-state index in [2.05, 4.69) is 10.1 Å². The number of furan rings is 1. The van der Waals surface area contributed by atoms with E-state index in [0.29, 0.717) is 10.9 Å². The third-order valence-corrected chi connectivity index (χ3v) is 7.73. The number of nitrogens with zero attached hydrogens (tertiary/aromatic N) is 3. The Labute approximate surface area is 195 Å². The number of nitrogens with one attached hydrogen (secondary N) is 1. The van der Waals surface area contributed by atoms with E-state index in [1.165, 1.54) is 60.6 Å². The fourth-order valence-electron chi connectivity index (χ4n) is 4.15. The molecule has 0 saturated heterocycles. The lowest BCUT2D eigenvalue weighted by atomic mass is 9.86. The number of carbonyl (C=O) groups excluding carboxylic acids is 1. The number of hydrogen-bond acceptors (Lipinski definition) is 6. The molecule has 32 heavy (non-hydrogen) atoms.